The van der Waals surface area contributed by atoms with Crippen molar-refractivity contribution >= 4 is 10.9 Å². The lowest BCUT2D eigenvalue weighted by atomic mass is 10.0. The van der Waals surface area contributed by atoms with Gasteiger partial charge in [0.1, 0.15) is 11.4 Å². The molecule has 0 fully saturated rings. The maximum absolute atomic E-state index is 6.40. The SMILES string of the molecule is CCCCc1ccc(-c2nc(C)ccc2Oc2ccnc3cc(OC)c(OC)cc23)cc1. The Morgan fingerprint density at radius 1 is 0.812 bits per heavy atom. The highest BCUT2D eigenvalue weighted by Gasteiger charge is 2.14. The minimum Gasteiger partial charge on any atom is -0.493 e. The molecule has 0 N–H and O–H groups in total. The Morgan fingerprint density at radius 3 is 2.28 bits per heavy atom. The second kappa shape index (κ2) is 9.69. The van der Waals surface area contributed by atoms with Crippen LogP contribution in [0, 0.1) is 6.92 Å². The highest BCUT2D eigenvalue weighted by molar-refractivity contribution is 5.88. The Balaban J connectivity index is 1.73. The van der Waals surface area contributed by atoms with Crippen molar-refractivity contribution in [1.82, 2.24) is 9.97 Å². The molecule has 0 saturated carbocycles. The summed E-state index contributed by atoms with van der Waals surface area (Å²) in [6, 6.07) is 18.1. The number of hydrogen-bond acceptors (Lipinski definition) is 5. The first-order valence-electron chi connectivity index (χ1n) is 10.9. The summed E-state index contributed by atoms with van der Waals surface area (Å²) in [4.78, 5) is 9.25. The number of ether oxygens (including phenoxy) is 3. The van der Waals surface area contributed by atoms with Crippen molar-refractivity contribution < 1.29 is 14.2 Å². The Morgan fingerprint density at radius 2 is 1.56 bits per heavy atom. The quantitative estimate of drug-likeness (QED) is 0.310. The van der Waals surface area contributed by atoms with Crippen LogP contribution in [-0.4, -0.2) is 24.2 Å². The Kier molecular flexibility index (Phi) is 6.55. The molecule has 0 amide bonds. The summed E-state index contributed by atoms with van der Waals surface area (Å²) in [5.74, 6) is 2.63. The molecule has 0 atom stereocenters. The first kappa shape index (κ1) is 21.6. The number of fused-ring (bicyclic) bond motifs is 1. The summed E-state index contributed by atoms with van der Waals surface area (Å²) >= 11 is 0. The molecule has 0 unspecified atom stereocenters. The van der Waals surface area contributed by atoms with Crippen LogP contribution in [0.15, 0.2) is 60.8 Å². The van der Waals surface area contributed by atoms with Gasteiger partial charge in [-0.2, -0.15) is 0 Å². The minimum absolute atomic E-state index is 0.628. The van der Waals surface area contributed by atoms with Gasteiger partial charge in [-0.05, 0) is 49.6 Å². The van der Waals surface area contributed by atoms with Crippen LogP contribution in [-0.2, 0) is 6.42 Å². The fourth-order valence-corrected chi connectivity index (χ4v) is 3.70. The molecule has 4 aromatic rings. The molecule has 32 heavy (non-hydrogen) atoms. The molecule has 0 aliphatic heterocycles. The van der Waals surface area contributed by atoms with Crippen molar-refractivity contribution in [3.63, 3.8) is 0 Å². The van der Waals surface area contributed by atoms with Gasteiger partial charge in [0.25, 0.3) is 0 Å². The summed E-state index contributed by atoms with van der Waals surface area (Å²) in [6.45, 7) is 4.20. The van der Waals surface area contributed by atoms with E-state index in [1.165, 1.54) is 18.4 Å². The number of unbranched alkanes of at least 4 members (excludes halogenated alkanes) is 1. The summed E-state index contributed by atoms with van der Waals surface area (Å²) < 4.78 is 17.3. The molecule has 0 aliphatic carbocycles. The molecule has 0 radical (unpaired) electrons. The van der Waals surface area contributed by atoms with Crippen molar-refractivity contribution in [2.75, 3.05) is 14.2 Å². The van der Waals surface area contributed by atoms with Gasteiger partial charge in [-0.3, -0.25) is 4.98 Å². The van der Waals surface area contributed by atoms with E-state index in [1.807, 2.05) is 37.3 Å². The number of nitrogens with zero attached hydrogens (tertiary/aromatic N) is 2. The van der Waals surface area contributed by atoms with Gasteiger partial charge >= 0.3 is 0 Å². The third-order valence-electron chi connectivity index (χ3n) is 5.47. The summed E-state index contributed by atoms with van der Waals surface area (Å²) in [5, 5.41) is 0.839. The van der Waals surface area contributed by atoms with E-state index in [0.717, 1.165) is 34.3 Å². The van der Waals surface area contributed by atoms with E-state index in [1.54, 1.807) is 20.4 Å². The molecular formula is C27H28N2O3. The lowest BCUT2D eigenvalue weighted by molar-refractivity contribution is 0.355. The average molecular weight is 429 g/mol. The van der Waals surface area contributed by atoms with Crippen LogP contribution >= 0.6 is 0 Å². The topological polar surface area (TPSA) is 53.5 Å². The number of aromatic nitrogens is 2. The first-order chi connectivity index (χ1) is 15.6. The Bertz CT molecular complexity index is 1220. The predicted molar refractivity (Wildman–Crippen MR) is 128 cm³/mol. The maximum atomic E-state index is 6.40. The van der Waals surface area contributed by atoms with Gasteiger partial charge in [-0.25, -0.2) is 4.98 Å². The average Bonchev–Trinajstić information content (AvgIpc) is 2.83. The van der Waals surface area contributed by atoms with Gasteiger partial charge in [-0.15, -0.1) is 0 Å². The summed E-state index contributed by atoms with van der Waals surface area (Å²) in [7, 11) is 3.23. The Labute approximate surface area is 189 Å². The predicted octanol–water partition coefficient (Wildman–Crippen LogP) is 6.76. The third-order valence-corrected chi connectivity index (χ3v) is 5.47. The second-order valence-corrected chi connectivity index (χ2v) is 7.74. The normalized spacial score (nSPS) is 10.9. The van der Waals surface area contributed by atoms with Crippen molar-refractivity contribution in [1.29, 1.82) is 0 Å². The lowest BCUT2D eigenvalue weighted by Gasteiger charge is -2.15. The number of methoxy groups -OCH3 is 2. The van der Waals surface area contributed by atoms with Gasteiger partial charge < -0.3 is 14.2 Å². The van der Waals surface area contributed by atoms with Crippen LogP contribution in [0.3, 0.4) is 0 Å². The van der Waals surface area contributed by atoms with Gasteiger partial charge in [0, 0.05) is 28.9 Å². The van der Waals surface area contributed by atoms with Crippen molar-refractivity contribution in [2.45, 2.75) is 33.1 Å². The molecule has 164 valence electrons. The molecule has 5 heteroatoms. The van der Waals surface area contributed by atoms with Crippen LogP contribution in [0.1, 0.15) is 31.0 Å². The highest BCUT2D eigenvalue weighted by Crippen LogP contribution is 2.39. The standard InChI is InChI=1S/C27H28N2O3/c1-5-6-7-19-9-11-20(12-10-19)27-24(13-8-18(2)29-27)32-23-14-15-28-22-17-26(31-4)25(30-3)16-21(22)23/h8-17H,5-7H2,1-4H3. The lowest BCUT2D eigenvalue weighted by Crippen LogP contribution is -1.96. The number of rotatable bonds is 8. The minimum atomic E-state index is 0.628. The first-order valence-corrected chi connectivity index (χ1v) is 10.9. The molecule has 2 aromatic heterocycles. The molecule has 2 aromatic carbocycles. The zero-order valence-electron chi connectivity index (χ0n) is 19.0. The molecule has 0 saturated heterocycles. The largest absolute Gasteiger partial charge is 0.493 e. The van der Waals surface area contributed by atoms with Gasteiger partial charge in [-0.1, -0.05) is 37.6 Å². The fraction of sp³-hybridized carbons (Fsp3) is 0.259. The van der Waals surface area contributed by atoms with Crippen LogP contribution in [0.2, 0.25) is 0 Å². The smallest absolute Gasteiger partial charge is 0.162 e. The van der Waals surface area contributed by atoms with E-state index < -0.39 is 0 Å². The number of hydrogen-bond donors (Lipinski definition) is 0. The second-order valence-electron chi connectivity index (χ2n) is 7.74. The Hall–Kier alpha value is -3.60. The van der Waals surface area contributed by atoms with Gasteiger partial charge in [0.15, 0.2) is 17.2 Å². The molecule has 0 aliphatic rings. The molecule has 4 rings (SSSR count). The van der Waals surface area contributed by atoms with Crippen LogP contribution in [0.4, 0.5) is 0 Å². The highest BCUT2D eigenvalue weighted by atomic mass is 16.5. The number of pyridine rings is 2. The van der Waals surface area contributed by atoms with Crippen molar-refractivity contribution in [2.24, 2.45) is 0 Å². The van der Waals surface area contributed by atoms with Gasteiger partial charge in [0.05, 0.1) is 19.7 Å². The summed E-state index contributed by atoms with van der Waals surface area (Å²) in [5.41, 5.74) is 4.89. The van der Waals surface area contributed by atoms with E-state index in [2.05, 4.69) is 36.2 Å². The van der Waals surface area contributed by atoms with Crippen molar-refractivity contribution in [3.8, 4) is 34.3 Å². The third kappa shape index (κ3) is 4.52. The van der Waals surface area contributed by atoms with E-state index in [9.17, 15) is 0 Å². The zero-order valence-corrected chi connectivity index (χ0v) is 19.0. The molecule has 5 nitrogen and oxygen atoms in total. The zero-order chi connectivity index (χ0) is 22.5. The van der Waals surface area contributed by atoms with E-state index in [0.29, 0.717) is 23.0 Å². The van der Waals surface area contributed by atoms with E-state index in [4.69, 9.17) is 19.2 Å². The molecule has 0 spiro atoms. The van der Waals surface area contributed by atoms with E-state index in [-0.39, 0.29) is 0 Å². The number of benzene rings is 2. The monoisotopic (exact) mass is 428 g/mol. The number of aryl methyl sites for hydroxylation is 2. The van der Waals surface area contributed by atoms with E-state index >= 15 is 0 Å². The van der Waals surface area contributed by atoms with Crippen LogP contribution in [0.25, 0.3) is 22.2 Å². The fourth-order valence-electron chi connectivity index (χ4n) is 3.70. The molecule has 0 bridgehead atoms. The van der Waals surface area contributed by atoms with Gasteiger partial charge in [0.2, 0.25) is 0 Å². The molecule has 2 heterocycles. The van der Waals surface area contributed by atoms with Crippen LogP contribution < -0.4 is 14.2 Å². The van der Waals surface area contributed by atoms with Crippen LogP contribution in [0.5, 0.6) is 23.0 Å². The van der Waals surface area contributed by atoms with Crippen molar-refractivity contribution in [3.05, 3.63) is 72.1 Å². The summed E-state index contributed by atoms with van der Waals surface area (Å²) in [6.07, 6.45) is 5.21. The maximum Gasteiger partial charge on any atom is 0.162 e. The molecular weight excluding hydrogens is 400 g/mol.